The van der Waals surface area contributed by atoms with Crippen molar-refractivity contribution in [3.05, 3.63) is 101 Å². The van der Waals surface area contributed by atoms with Crippen molar-refractivity contribution in [2.24, 2.45) is 0 Å². The summed E-state index contributed by atoms with van der Waals surface area (Å²) in [6.45, 7) is 0. The molecule has 2 N–H and O–H groups in total. The van der Waals surface area contributed by atoms with Crippen LogP contribution in [0.25, 0.3) is 11.1 Å². The number of nitrogens with zero attached hydrogens (tertiary/aromatic N) is 1. The third kappa shape index (κ3) is 8.54. The first kappa shape index (κ1) is 32.9. The van der Waals surface area contributed by atoms with E-state index >= 15 is 0 Å². The predicted molar refractivity (Wildman–Crippen MR) is 146 cm³/mol. The van der Waals surface area contributed by atoms with Gasteiger partial charge in [-0.05, 0) is 72.3 Å². The summed E-state index contributed by atoms with van der Waals surface area (Å²) in [5.74, 6) is -1.43. The molecule has 0 aliphatic carbocycles. The van der Waals surface area contributed by atoms with Crippen molar-refractivity contribution >= 4 is 37.1 Å². The number of halogens is 6. The first-order chi connectivity index (χ1) is 20.8. The fourth-order valence-corrected chi connectivity index (χ4v) is 5.96. The molecular weight excluding hydrogens is 660 g/mol. The molecule has 0 aromatic heterocycles. The monoisotopic (exact) mass is 677 g/mol. The van der Waals surface area contributed by atoms with Crippen LogP contribution in [0.2, 0.25) is 0 Å². The Morgan fingerprint density at radius 1 is 0.622 bits per heavy atom. The minimum Gasteiger partial charge on any atom is -0.406 e. The second kappa shape index (κ2) is 12.2. The Balaban J connectivity index is 1.74. The summed E-state index contributed by atoms with van der Waals surface area (Å²) in [7, 11) is -9.24. The number of sulfonamides is 2. The number of nitrogens with one attached hydrogen (secondary N) is 2. The van der Waals surface area contributed by atoms with Gasteiger partial charge in [-0.25, -0.2) is 16.8 Å². The second-order valence-corrected chi connectivity index (χ2v) is 12.1. The van der Waals surface area contributed by atoms with E-state index in [4.69, 9.17) is 0 Å². The number of nitro groups is 1. The predicted octanol–water partition coefficient (Wildman–Crippen LogP) is 6.66. The maximum atomic E-state index is 13.2. The van der Waals surface area contributed by atoms with E-state index < -0.39 is 70.4 Å². The van der Waals surface area contributed by atoms with Gasteiger partial charge in [-0.15, -0.1) is 26.3 Å². The summed E-state index contributed by atoms with van der Waals surface area (Å²) >= 11 is 0. The molecule has 0 aliphatic heterocycles. The van der Waals surface area contributed by atoms with Crippen LogP contribution in [0.1, 0.15) is 0 Å². The minimum absolute atomic E-state index is 0.0197. The van der Waals surface area contributed by atoms with Gasteiger partial charge in [-0.1, -0.05) is 18.2 Å². The van der Waals surface area contributed by atoms with Crippen LogP contribution in [-0.2, 0) is 20.0 Å². The van der Waals surface area contributed by atoms with Gasteiger partial charge in [-0.3, -0.25) is 19.6 Å². The van der Waals surface area contributed by atoms with Crippen LogP contribution in [0, 0.1) is 10.1 Å². The van der Waals surface area contributed by atoms with Crippen LogP contribution in [0.3, 0.4) is 0 Å². The molecule has 0 heterocycles. The zero-order chi connectivity index (χ0) is 33.2. The molecule has 45 heavy (non-hydrogen) atoms. The van der Waals surface area contributed by atoms with Crippen molar-refractivity contribution in [1.82, 2.24) is 0 Å². The van der Waals surface area contributed by atoms with Crippen molar-refractivity contribution < 1.29 is 57.6 Å². The maximum Gasteiger partial charge on any atom is 0.573 e. The Morgan fingerprint density at radius 3 is 1.51 bits per heavy atom. The lowest BCUT2D eigenvalue weighted by Crippen LogP contribution is -2.19. The van der Waals surface area contributed by atoms with E-state index in [1.54, 1.807) is 0 Å². The second-order valence-electron chi connectivity index (χ2n) is 8.78. The number of benzene rings is 4. The van der Waals surface area contributed by atoms with E-state index in [9.17, 15) is 53.3 Å². The number of ether oxygens (including phenoxy) is 2. The van der Waals surface area contributed by atoms with Crippen molar-refractivity contribution in [3.8, 4) is 22.6 Å². The molecule has 0 aliphatic rings. The minimum atomic E-state index is -5.04. The average molecular weight is 678 g/mol. The molecule has 0 amide bonds. The van der Waals surface area contributed by atoms with Gasteiger partial charge in [0.25, 0.3) is 25.7 Å². The number of hydrogen-bond donors (Lipinski definition) is 2. The normalized spacial score (nSPS) is 12.3. The number of hydrogen-bond acceptors (Lipinski definition) is 8. The summed E-state index contributed by atoms with van der Waals surface area (Å²) in [5, 5.41) is 11.6. The maximum absolute atomic E-state index is 13.2. The van der Waals surface area contributed by atoms with Crippen LogP contribution in [0.5, 0.6) is 11.5 Å². The van der Waals surface area contributed by atoms with Crippen molar-refractivity contribution in [2.45, 2.75) is 22.5 Å². The molecule has 4 aromatic carbocycles. The van der Waals surface area contributed by atoms with Gasteiger partial charge in [0, 0.05) is 6.07 Å². The molecule has 0 atom stereocenters. The van der Waals surface area contributed by atoms with E-state index in [1.165, 1.54) is 30.3 Å². The number of anilines is 2. The Bertz CT molecular complexity index is 1930. The molecule has 238 valence electrons. The highest BCUT2D eigenvalue weighted by atomic mass is 32.2. The summed E-state index contributed by atoms with van der Waals surface area (Å²) in [6, 6.07) is 14.8. The number of nitro benzene ring substituents is 1. The number of para-hydroxylation sites is 1. The molecule has 0 bridgehead atoms. The molecule has 0 saturated carbocycles. The zero-order valence-electron chi connectivity index (χ0n) is 22.0. The number of rotatable bonds is 10. The van der Waals surface area contributed by atoms with Gasteiger partial charge in [0.1, 0.15) is 11.5 Å². The largest absolute Gasteiger partial charge is 0.573 e. The van der Waals surface area contributed by atoms with Crippen molar-refractivity contribution in [3.63, 3.8) is 0 Å². The number of alkyl halides is 6. The van der Waals surface area contributed by atoms with E-state index in [2.05, 4.69) is 18.9 Å². The summed E-state index contributed by atoms with van der Waals surface area (Å²) in [4.78, 5) is 9.75. The summed E-state index contributed by atoms with van der Waals surface area (Å²) in [5.41, 5.74) is -1.19. The standard InChI is InChI=1S/C26H17F6N3O8S2/c27-25(28,29)42-17-6-10-19(11-7-17)44(38,39)33-22-14-5-16(21-3-1-2-4-24(21)35(36)37)15-23(22)34-45(40,41)20-12-8-18(9-13-20)43-26(30,31)32/h1-15,33-34H. The molecule has 19 heteroatoms. The van der Waals surface area contributed by atoms with Crippen molar-refractivity contribution in [2.75, 3.05) is 9.44 Å². The first-order valence-electron chi connectivity index (χ1n) is 12.0. The van der Waals surface area contributed by atoms with Crippen LogP contribution < -0.4 is 18.9 Å². The molecule has 0 unspecified atom stereocenters. The summed E-state index contributed by atoms with van der Waals surface area (Å²) < 4.78 is 139. The van der Waals surface area contributed by atoms with Crippen molar-refractivity contribution in [1.29, 1.82) is 0 Å². The molecule has 11 nitrogen and oxygen atoms in total. The molecule has 0 radical (unpaired) electrons. The molecule has 4 rings (SSSR count). The quantitative estimate of drug-likeness (QED) is 0.107. The van der Waals surface area contributed by atoms with E-state index in [0.717, 1.165) is 60.7 Å². The van der Waals surface area contributed by atoms with E-state index in [0.29, 0.717) is 0 Å². The Morgan fingerprint density at radius 2 is 1.07 bits per heavy atom. The van der Waals surface area contributed by atoms with Gasteiger partial charge < -0.3 is 9.47 Å². The third-order valence-electron chi connectivity index (χ3n) is 5.66. The highest BCUT2D eigenvalue weighted by Gasteiger charge is 2.32. The van der Waals surface area contributed by atoms with Gasteiger partial charge in [0.2, 0.25) is 0 Å². The van der Waals surface area contributed by atoms with Gasteiger partial charge in [-0.2, -0.15) is 0 Å². The van der Waals surface area contributed by atoms with Crippen LogP contribution in [-0.4, -0.2) is 34.5 Å². The van der Waals surface area contributed by atoms with Crippen LogP contribution >= 0.6 is 0 Å². The van der Waals surface area contributed by atoms with E-state index in [-0.39, 0.29) is 16.8 Å². The Labute approximate surface area is 250 Å². The Hall–Kier alpha value is -5.04. The average Bonchev–Trinajstić information content (AvgIpc) is 2.92. The Kier molecular flexibility index (Phi) is 8.88. The molecule has 0 fully saturated rings. The van der Waals surface area contributed by atoms with Gasteiger partial charge >= 0.3 is 12.7 Å². The SMILES string of the molecule is O=[N+]([O-])c1ccccc1-c1ccc(NS(=O)(=O)c2ccc(OC(F)(F)F)cc2)c(NS(=O)(=O)c2ccc(OC(F)(F)F)cc2)c1. The smallest absolute Gasteiger partial charge is 0.406 e. The zero-order valence-corrected chi connectivity index (χ0v) is 23.6. The van der Waals surface area contributed by atoms with Gasteiger partial charge in [0.15, 0.2) is 0 Å². The fraction of sp³-hybridized carbons (Fsp3) is 0.0769. The van der Waals surface area contributed by atoms with Crippen LogP contribution in [0.4, 0.5) is 43.4 Å². The molecule has 4 aromatic rings. The highest BCUT2D eigenvalue weighted by Crippen LogP contribution is 2.36. The molecular formula is C26H17F6N3O8S2. The first-order valence-corrected chi connectivity index (χ1v) is 14.9. The highest BCUT2D eigenvalue weighted by molar-refractivity contribution is 7.93. The molecule has 0 saturated heterocycles. The molecule has 0 spiro atoms. The van der Waals surface area contributed by atoms with Gasteiger partial charge in [0.05, 0.1) is 31.7 Å². The summed E-state index contributed by atoms with van der Waals surface area (Å²) in [6.07, 6.45) is -10.1. The van der Waals surface area contributed by atoms with Crippen LogP contribution in [0.15, 0.2) is 101 Å². The fourth-order valence-electron chi connectivity index (χ4n) is 3.81. The lowest BCUT2D eigenvalue weighted by Gasteiger charge is -2.17. The third-order valence-corrected chi connectivity index (χ3v) is 8.42. The topological polar surface area (TPSA) is 154 Å². The lowest BCUT2D eigenvalue weighted by atomic mass is 10.0. The van der Waals surface area contributed by atoms with E-state index in [1.807, 2.05) is 0 Å². The lowest BCUT2D eigenvalue weighted by molar-refractivity contribution is -0.384.